The van der Waals surface area contributed by atoms with E-state index in [0.717, 1.165) is 5.75 Å². The van der Waals surface area contributed by atoms with E-state index in [2.05, 4.69) is 0 Å². The SMILES string of the molecule is COc1cccc2c1N(C(=O)CCOc1ccccc1)CCC2=O. The molecule has 0 saturated heterocycles. The van der Waals surface area contributed by atoms with Gasteiger partial charge in [0.2, 0.25) is 5.91 Å². The molecule has 0 saturated carbocycles. The average molecular weight is 325 g/mol. The smallest absolute Gasteiger partial charge is 0.230 e. The molecule has 5 nitrogen and oxygen atoms in total. The Kier molecular flexibility index (Phi) is 4.79. The molecule has 5 heteroatoms. The lowest BCUT2D eigenvalue weighted by Crippen LogP contribution is -2.38. The average Bonchev–Trinajstić information content (AvgIpc) is 2.62. The number of anilines is 1. The normalized spacial score (nSPS) is 13.4. The first kappa shape index (κ1) is 16.1. The van der Waals surface area contributed by atoms with Crippen LogP contribution in [0, 0.1) is 0 Å². The van der Waals surface area contributed by atoms with Gasteiger partial charge in [-0.3, -0.25) is 9.59 Å². The van der Waals surface area contributed by atoms with Crippen LogP contribution in [-0.4, -0.2) is 32.0 Å². The van der Waals surface area contributed by atoms with E-state index in [4.69, 9.17) is 9.47 Å². The topological polar surface area (TPSA) is 55.8 Å². The Morgan fingerprint density at radius 1 is 1.12 bits per heavy atom. The number of methoxy groups -OCH3 is 1. The van der Waals surface area contributed by atoms with Crippen molar-refractivity contribution in [2.75, 3.05) is 25.2 Å². The van der Waals surface area contributed by atoms with Gasteiger partial charge in [-0.2, -0.15) is 0 Å². The highest BCUT2D eigenvalue weighted by molar-refractivity contribution is 6.10. The molecule has 1 amide bonds. The van der Waals surface area contributed by atoms with E-state index in [-0.39, 0.29) is 24.7 Å². The summed E-state index contributed by atoms with van der Waals surface area (Å²) in [6, 6.07) is 14.6. The number of ketones is 1. The summed E-state index contributed by atoms with van der Waals surface area (Å²) >= 11 is 0. The van der Waals surface area contributed by atoms with Crippen LogP contribution < -0.4 is 14.4 Å². The van der Waals surface area contributed by atoms with Crippen LogP contribution in [0.2, 0.25) is 0 Å². The number of Topliss-reactive ketones (excluding diaryl/α,β-unsaturated/α-hetero) is 1. The van der Waals surface area contributed by atoms with Crippen LogP contribution in [0.5, 0.6) is 11.5 Å². The highest BCUT2D eigenvalue weighted by atomic mass is 16.5. The highest BCUT2D eigenvalue weighted by Crippen LogP contribution is 2.36. The van der Waals surface area contributed by atoms with E-state index < -0.39 is 0 Å². The molecule has 0 spiro atoms. The number of carbonyl (C=O) groups is 2. The van der Waals surface area contributed by atoms with Gasteiger partial charge in [0.1, 0.15) is 11.5 Å². The van der Waals surface area contributed by atoms with Crippen LogP contribution >= 0.6 is 0 Å². The zero-order valence-electron chi connectivity index (χ0n) is 13.5. The fourth-order valence-electron chi connectivity index (χ4n) is 2.81. The molecule has 24 heavy (non-hydrogen) atoms. The molecule has 2 aromatic carbocycles. The van der Waals surface area contributed by atoms with Crippen molar-refractivity contribution in [3.05, 3.63) is 54.1 Å². The van der Waals surface area contributed by atoms with Gasteiger partial charge in [-0.1, -0.05) is 24.3 Å². The first-order valence-corrected chi connectivity index (χ1v) is 7.89. The van der Waals surface area contributed by atoms with E-state index in [9.17, 15) is 9.59 Å². The third-order valence-electron chi connectivity index (χ3n) is 3.98. The van der Waals surface area contributed by atoms with Crippen molar-refractivity contribution in [1.29, 1.82) is 0 Å². The maximum absolute atomic E-state index is 12.6. The molecule has 124 valence electrons. The summed E-state index contributed by atoms with van der Waals surface area (Å²) in [7, 11) is 1.54. The van der Waals surface area contributed by atoms with E-state index in [1.165, 1.54) is 7.11 Å². The maximum atomic E-state index is 12.6. The van der Waals surface area contributed by atoms with Crippen molar-refractivity contribution in [2.24, 2.45) is 0 Å². The zero-order chi connectivity index (χ0) is 16.9. The molecule has 0 atom stereocenters. The summed E-state index contributed by atoms with van der Waals surface area (Å²) in [5, 5.41) is 0. The summed E-state index contributed by atoms with van der Waals surface area (Å²) in [4.78, 5) is 26.3. The highest BCUT2D eigenvalue weighted by Gasteiger charge is 2.29. The minimum Gasteiger partial charge on any atom is -0.495 e. The van der Waals surface area contributed by atoms with Gasteiger partial charge in [-0.25, -0.2) is 0 Å². The molecule has 2 aromatic rings. The molecule has 0 N–H and O–H groups in total. The molecule has 0 unspecified atom stereocenters. The van der Waals surface area contributed by atoms with Gasteiger partial charge in [0.25, 0.3) is 0 Å². The Balaban J connectivity index is 1.72. The molecule has 1 aliphatic rings. The van der Waals surface area contributed by atoms with Crippen LogP contribution in [0.4, 0.5) is 5.69 Å². The monoisotopic (exact) mass is 325 g/mol. The van der Waals surface area contributed by atoms with E-state index in [1.54, 1.807) is 23.1 Å². The van der Waals surface area contributed by atoms with Gasteiger partial charge in [0.05, 0.1) is 25.8 Å². The number of amides is 1. The molecule has 0 aromatic heterocycles. The molecular formula is C19H19NO4. The second-order valence-corrected chi connectivity index (χ2v) is 5.49. The maximum Gasteiger partial charge on any atom is 0.230 e. The van der Waals surface area contributed by atoms with Crippen LogP contribution in [0.25, 0.3) is 0 Å². The second kappa shape index (κ2) is 7.17. The molecule has 0 aliphatic carbocycles. The Morgan fingerprint density at radius 3 is 2.67 bits per heavy atom. The van der Waals surface area contributed by atoms with Crippen LogP contribution in [0.3, 0.4) is 0 Å². The zero-order valence-corrected chi connectivity index (χ0v) is 13.5. The summed E-state index contributed by atoms with van der Waals surface area (Å²) in [5.41, 5.74) is 1.11. The summed E-state index contributed by atoms with van der Waals surface area (Å²) < 4.78 is 10.9. The molecule has 0 fully saturated rings. The second-order valence-electron chi connectivity index (χ2n) is 5.49. The first-order chi connectivity index (χ1) is 11.7. The number of hydrogen-bond donors (Lipinski definition) is 0. The van der Waals surface area contributed by atoms with Gasteiger partial charge in [-0.15, -0.1) is 0 Å². The number of nitrogens with zero attached hydrogens (tertiary/aromatic N) is 1. The van der Waals surface area contributed by atoms with Gasteiger partial charge in [0.15, 0.2) is 5.78 Å². The number of hydrogen-bond acceptors (Lipinski definition) is 4. The van der Waals surface area contributed by atoms with Crippen LogP contribution in [-0.2, 0) is 4.79 Å². The minimum absolute atomic E-state index is 0.0356. The predicted molar refractivity (Wildman–Crippen MR) is 90.8 cm³/mol. The van der Waals surface area contributed by atoms with Gasteiger partial charge in [-0.05, 0) is 24.3 Å². The number of ether oxygens (including phenoxy) is 2. The van der Waals surface area contributed by atoms with E-state index in [1.807, 2.05) is 30.3 Å². The molecule has 1 heterocycles. The fraction of sp³-hybridized carbons (Fsp3) is 0.263. The van der Waals surface area contributed by atoms with Crippen LogP contribution in [0.15, 0.2) is 48.5 Å². The van der Waals surface area contributed by atoms with E-state index >= 15 is 0 Å². The quantitative estimate of drug-likeness (QED) is 0.848. The lowest BCUT2D eigenvalue weighted by Gasteiger charge is -2.30. The van der Waals surface area contributed by atoms with Crippen molar-refractivity contribution in [3.8, 4) is 11.5 Å². The molecule has 1 aliphatic heterocycles. The van der Waals surface area contributed by atoms with Crippen molar-refractivity contribution in [3.63, 3.8) is 0 Å². The molecular weight excluding hydrogens is 306 g/mol. The number of rotatable bonds is 5. The van der Waals surface area contributed by atoms with Crippen molar-refractivity contribution in [2.45, 2.75) is 12.8 Å². The van der Waals surface area contributed by atoms with Crippen molar-refractivity contribution < 1.29 is 19.1 Å². The fourth-order valence-corrected chi connectivity index (χ4v) is 2.81. The Hall–Kier alpha value is -2.82. The number of para-hydroxylation sites is 2. The molecule has 0 bridgehead atoms. The van der Waals surface area contributed by atoms with Crippen LogP contribution in [0.1, 0.15) is 23.2 Å². The molecule has 3 rings (SSSR count). The molecule has 0 radical (unpaired) electrons. The van der Waals surface area contributed by atoms with Gasteiger partial charge in [0, 0.05) is 18.5 Å². The number of carbonyl (C=O) groups excluding carboxylic acids is 2. The van der Waals surface area contributed by atoms with Crippen molar-refractivity contribution >= 4 is 17.4 Å². The number of benzene rings is 2. The predicted octanol–water partition coefficient (Wildman–Crippen LogP) is 3.08. The lowest BCUT2D eigenvalue weighted by molar-refractivity contribution is -0.119. The van der Waals surface area contributed by atoms with E-state index in [0.29, 0.717) is 30.0 Å². The summed E-state index contributed by atoms with van der Waals surface area (Å²) in [5.74, 6) is 1.23. The number of fused-ring (bicyclic) bond motifs is 1. The third kappa shape index (κ3) is 3.25. The van der Waals surface area contributed by atoms with Crippen molar-refractivity contribution in [1.82, 2.24) is 0 Å². The van der Waals surface area contributed by atoms with Gasteiger partial charge < -0.3 is 14.4 Å². The standard InChI is InChI=1S/C19H19NO4/c1-23-17-9-5-8-15-16(21)10-12-20(19(15)17)18(22)11-13-24-14-6-3-2-4-7-14/h2-9H,10-13H2,1H3. The summed E-state index contributed by atoms with van der Waals surface area (Å²) in [6.45, 7) is 0.661. The largest absolute Gasteiger partial charge is 0.495 e. The minimum atomic E-state index is -0.0795. The first-order valence-electron chi connectivity index (χ1n) is 7.89. The third-order valence-corrected chi connectivity index (χ3v) is 3.98. The summed E-state index contributed by atoms with van der Waals surface area (Å²) in [6.07, 6.45) is 0.562. The Labute approximate surface area is 140 Å². The Morgan fingerprint density at radius 2 is 1.92 bits per heavy atom. The van der Waals surface area contributed by atoms with Gasteiger partial charge >= 0.3 is 0 Å². The lowest BCUT2D eigenvalue weighted by atomic mass is 9.99. The Bertz CT molecular complexity index is 742.